The number of carboxylic acids is 1. The topological polar surface area (TPSA) is 130 Å². The first-order chi connectivity index (χ1) is 11.5. The van der Waals surface area contributed by atoms with Gasteiger partial charge in [0.15, 0.2) is 0 Å². The van der Waals surface area contributed by atoms with Gasteiger partial charge in [-0.05, 0) is 27.2 Å². The normalized spacial score (nSPS) is 14.1. The number of nitrogens with one attached hydrogen (secondary N) is 2. The number of carbonyl (C=O) groups excluding carboxylic acids is 1. The van der Waals surface area contributed by atoms with E-state index in [1.807, 2.05) is 6.92 Å². The number of nitrogens with zero attached hydrogens (tertiary/aromatic N) is 2. The van der Waals surface area contributed by atoms with Crippen molar-refractivity contribution in [3.8, 4) is 0 Å². The highest BCUT2D eigenvalue weighted by Gasteiger charge is 2.28. The summed E-state index contributed by atoms with van der Waals surface area (Å²) in [7, 11) is -2.28. The number of hydrogen-bond acceptors (Lipinski definition) is 5. The van der Waals surface area contributed by atoms with E-state index in [2.05, 4.69) is 15.1 Å². The third-order valence-electron chi connectivity index (χ3n) is 3.95. The molecule has 10 heteroatoms. The Bertz CT molecular complexity index is 741. The highest BCUT2D eigenvalue weighted by atomic mass is 32.2. The molecule has 0 aromatic carbocycles. The van der Waals surface area contributed by atoms with Crippen molar-refractivity contribution >= 4 is 21.9 Å². The zero-order valence-electron chi connectivity index (χ0n) is 15.2. The van der Waals surface area contributed by atoms with E-state index < -0.39 is 33.9 Å². The van der Waals surface area contributed by atoms with E-state index in [-0.39, 0.29) is 11.4 Å². The fraction of sp³-hybridized carbons (Fsp3) is 0.667. The second kappa shape index (κ2) is 8.43. The van der Waals surface area contributed by atoms with Crippen molar-refractivity contribution in [2.45, 2.75) is 51.5 Å². The van der Waals surface area contributed by atoms with Gasteiger partial charge in [0.1, 0.15) is 4.90 Å². The molecule has 0 saturated carbocycles. The maximum absolute atomic E-state index is 12.5. The lowest BCUT2D eigenvalue weighted by Crippen LogP contribution is -2.46. The summed E-state index contributed by atoms with van der Waals surface area (Å²) in [5.41, 5.74) is 0.806. The summed E-state index contributed by atoms with van der Waals surface area (Å²) >= 11 is 0. The molecular formula is C15H26N4O5S. The van der Waals surface area contributed by atoms with Crippen LogP contribution in [0.3, 0.4) is 0 Å². The maximum atomic E-state index is 12.5. The smallest absolute Gasteiger partial charge is 0.308 e. The monoisotopic (exact) mass is 374 g/mol. The molecule has 0 bridgehead atoms. The van der Waals surface area contributed by atoms with Gasteiger partial charge in [0.05, 0.1) is 23.3 Å². The molecular weight excluding hydrogens is 348 g/mol. The molecule has 0 aliphatic carbocycles. The van der Waals surface area contributed by atoms with Crippen LogP contribution in [0.2, 0.25) is 0 Å². The minimum absolute atomic E-state index is 0.0426. The Morgan fingerprint density at radius 1 is 1.32 bits per heavy atom. The summed E-state index contributed by atoms with van der Waals surface area (Å²) in [6.45, 7) is 6.42. The van der Waals surface area contributed by atoms with Crippen molar-refractivity contribution in [2.24, 2.45) is 13.0 Å². The van der Waals surface area contributed by atoms with E-state index in [0.717, 1.165) is 0 Å². The Balaban J connectivity index is 2.78. The molecule has 1 rings (SSSR count). The Morgan fingerprint density at radius 2 is 1.92 bits per heavy atom. The third kappa shape index (κ3) is 5.27. The Hall–Kier alpha value is -1.94. The molecule has 1 aromatic heterocycles. The third-order valence-corrected chi connectivity index (χ3v) is 5.74. The Labute approximate surface area is 147 Å². The average molecular weight is 374 g/mol. The van der Waals surface area contributed by atoms with Crippen LogP contribution in [0.5, 0.6) is 0 Å². The van der Waals surface area contributed by atoms with E-state index in [9.17, 15) is 18.0 Å². The number of carbonyl (C=O) groups is 2. The molecule has 0 saturated heterocycles. The molecule has 3 N–H and O–H groups in total. The van der Waals surface area contributed by atoms with Gasteiger partial charge in [-0.15, -0.1) is 0 Å². The zero-order chi connectivity index (χ0) is 19.4. The average Bonchev–Trinajstić information content (AvgIpc) is 2.75. The lowest BCUT2D eigenvalue weighted by Gasteiger charge is -2.17. The molecule has 0 spiro atoms. The van der Waals surface area contributed by atoms with E-state index >= 15 is 0 Å². The molecule has 0 fully saturated rings. The molecule has 0 radical (unpaired) electrons. The van der Waals surface area contributed by atoms with E-state index in [1.54, 1.807) is 20.9 Å². The van der Waals surface area contributed by atoms with Crippen LogP contribution in [0.25, 0.3) is 0 Å². The van der Waals surface area contributed by atoms with Crippen molar-refractivity contribution in [3.63, 3.8) is 0 Å². The second-order valence-electron chi connectivity index (χ2n) is 6.04. The van der Waals surface area contributed by atoms with Gasteiger partial charge < -0.3 is 10.4 Å². The summed E-state index contributed by atoms with van der Waals surface area (Å²) in [6.07, 6.45) is 1.11. The predicted octanol–water partition coefficient (Wildman–Crippen LogP) is 0.321. The van der Waals surface area contributed by atoms with Crippen molar-refractivity contribution in [2.75, 3.05) is 6.54 Å². The fourth-order valence-electron chi connectivity index (χ4n) is 2.53. The SMILES string of the molecule is CCCC(CNC(=O)C(C)NS(=O)(=O)c1c(C)nn(C)c1C)C(=O)O. The second-order valence-corrected chi connectivity index (χ2v) is 7.69. The zero-order valence-corrected chi connectivity index (χ0v) is 16.0. The Morgan fingerprint density at radius 3 is 2.36 bits per heavy atom. The van der Waals surface area contributed by atoms with Gasteiger partial charge >= 0.3 is 5.97 Å². The molecule has 25 heavy (non-hydrogen) atoms. The quantitative estimate of drug-likeness (QED) is 0.571. The molecule has 0 aliphatic rings. The van der Waals surface area contributed by atoms with Crippen molar-refractivity contribution in [1.29, 1.82) is 0 Å². The van der Waals surface area contributed by atoms with Gasteiger partial charge in [-0.25, -0.2) is 8.42 Å². The van der Waals surface area contributed by atoms with E-state index in [0.29, 0.717) is 24.2 Å². The van der Waals surface area contributed by atoms with Gasteiger partial charge in [-0.2, -0.15) is 9.82 Å². The number of carboxylic acid groups (broad SMARTS) is 1. The van der Waals surface area contributed by atoms with Crippen LogP contribution < -0.4 is 10.0 Å². The Kier molecular flexibility index (Phi) is 7.12. The summed E-state index contributed by atoms with van der Waals surface area (Å²) < 4.78 is 28.8. The highest BCUT2D eigenvalue weighted by Crippen LogP contribution is 2.18. The number of sulfonamides is 1. The first-order valence-corrected chi connectivity index (χ1v) is 9.52. The molecule has 9 nitrogen and oxygen atoms in total. The van der Waals surface area contributed by atoms with Crippen molar-refractivity contribution in [1.82, 2.24) is 19.8 Å². The highest BCUT2D eigenvalue weighted by molar-refractivity contribution is 7.89. The van der Waals surface area contributed by atoms with Gasteiger partial charge in [0.25, 0.3) is 0 Å². The fourth-order valence-corrected chi connectivity index (χ4v) is 4.17. The van der Waals surface area contributed by atoms with Gasteiger partial charge in [-0.3, -0.25) is 14.3 Å². The predicted molar refractivity (Wildman–Crippen MR) is 91.5 cm³/mol. The standard InChI is InChI=1S/C15H26N4O5S/c1-6-7-12(15(21)22)8-16-14(20)10(3)18-25(23,24)13-9(2)17-19(5)11(13)4/h10,12,18H,6-8H2,1-5H3,(H,16,20)(H,21,22). The van der Waals surface area contributed by atoms with Crippen molar-refractivity contribution in [3.05, 3.63) is 11.4 Å². The maximum Gasteiger partial charge on any atom is 0.308 e. The molecule has 0 aliphatic heterocycles. The number of rotatable bonds is 9. The van der Waals surface area contributed by atoms with Crippen molar-refractivity contribution < 1.29 is 23.1 Å². The minimum atomic E-state index is -3.92. The van der Waals surface area contributed by atoms with Crippen LogP contribution in [-0.2, 0) is 26.7 Å². The van der Waals surface area contributed by atoms with Crippen LogP contribution >= 0.6 is 0 Å². The first-order valence-electron chi connectivity index (χ1n) is 8.04. The number of aliphatic carboxylic acids is 1. The molecule has 1 amide bonds. The number of amides is 1. The number of aryl methyl sites for hydroxylation is 2. The van der Waals surface area contributed by atoms with Gasteiger partial charge in [0, 0.05) is 13.6 Å². The number of hydrogen-bond donors (Lipinski definition) is 3. The summed E-state index contributed by atoms with van der Waals surface area (Å²) in [4.78, 5) is 23.2. The molecule has 142 valence electrons. The van der Waals surface area contributed by atoms with E-state index in [4.69, 9.17) is 5.11 Å². The lowest BCUT2D eigenvalue weighted by atomic mass is 10.0. The van der Waals surface area contributed by atoms with Crippen LogP contribution in [0.4, 0.5) is 0 Å². The van der Waals surface area contributed by atoms with E-state index in [1.165, 1.54) is 11.6 Å². The number of aromatic nitrogens is 2. The summed E-state index contributed by atoms with van der Waals surface area (Å²) in [5.74, 6) is -2.26. The van der Waals surface area contributed by atoms with Gasteiger partial charge in [0.2, 0.25) is 15.9 Å². The summed E-state index contributed by atoms with van der Waals surface area (Å²) in [6, 6.07) is -1.04. The minimum Gasteiger partial charge on any atom is -0.481 e. The van der Waals surface area contributed by atoms with Crippen LogP contribution in [-0.4, -0.2) is 47.8 Å². The van der Waals surface area contributed by atoms with Crippen LogP contribution in [0, 0.1) is 19.8 Å². The largest absolute Gasteiger partial charge is 0.481 e. The van der Waals surface area contributed by atoms with Crippen LogP contribution in [0.15, 0.2) is 4.90 Å². The first kappa shape index (κ1) is 21.1. The molecule has 2 unspecified atom stereocenters. The van der Waals surface area contributed by atoms with Crippen LogP contribution in [0.1, 0.15) is 38.1 Å². The summed E-state index contributed by atoms with van der Waals surface area (Å²) in [5, 5.41) is 15.6. The lowest BCUT2D eigenvalue weighted by molar-refractivity contribution is -0.142. The molecule has 2 atom stereocenters. The van der Waals surface area contributed by atoms with Gasteiger partial charge in [-0.1, -0.05) is 13.3 Å². The molecule has 1 heterocycles. The molecule has 1 aromatic rings.